The molecule has 0 atom stereocenters. The summed E-state index contributed by atoms with van der Waals surface area (Å²) >= 11 is 3.55. The normalized spacial score (nSPS) is 11.8. The van der Waals surface area contributed by atoms with E-state index >= 15 is 0 Å². The lowest BCUT2D eigenvalue weighted by molar-refractivity contribution is 0.548. The quantitative estimate of drug-likeness (QED) is 0.799. The molecule has 90 valence electrons. The Balaban J connectivity index is 2.43. The fourth-order valence-corrected chi connectivity index (χ4v) is 2.02. The van der Waals surface area contributed by atoms with Crippen LogP contribution in [0.15, 0.2) is 36.4 Å². The van der Waals surface area contributed by atoms with Crippen LogP contribution in [0.25, 0.3) is 10.9 Å². The summed E-state index contributed by atoms with van der Waals surface area (Å²) in [5.41, 5.74) is 1.09. The van der Waals surface area contributed by atoms with Crippen LogP contribution in [-0.2, 0) is 0 Å². The van der Waals surface area contributed by atoms with Crippen molar-refractivity contribution in [3.8, 4) is 0 Å². The molecular weight excluding hydrogens is 276 g/mol. The lowest BCUT2D eigenvalue weighted by Gasteiger charge is -2.35. The fraction of sp³-hybridized carbons (Fsp3) is 0.357. The van der Waals surface area contributed by atoms with Crippen molar-refractivity contribution >= 4 is 32.7 Å². The van der Waals surface area contributed by atoms with Gasteiger partial charge in [0, 0.05) is 23.3 Å². The first-order valence-corrected chi connectivity index (χ1v) is 6.82. The molecule has 0 spiro atoms. The Bertz CT molecular complexity index is 522. The average Bonchev–Trinajstić information content (AvgIpc) is 2.37. The second kappa shape index (κ2) is 4.65. The van der Waals surface area contributed by atoms with Gasteiger partial charge in [0.1, 0.15) is 5.82 Å². The van der Waals surface area contributed by atoms with E-state index in [1.165, 1.54) is 5.39 Å². The van der Waals surface area contributed by atoms with Crippen LogP contribution >= 0.6 is 15.9 Å². The Kier molecular flexibility index (Phi) is 3.38. The summed E-state index contributed by atoms with van der Waals surface area (Å²) in [6, 6.07) is 12.4. The zero-order valence-electron chi connectivity index (χ0n) is 10.4. The van der Waals surface area contributed by atoms with Crippen molar-refractivity contribution < 1.29 is 0 Å². The molecule has 0 aliphatic rings. The topological polar surface area (TPSA) is 16.1 Å². The number of pyridine rings is 1. The predicted octanol–water partition coefficient (Wildman–Crippen LogP) is 3.84. The van der Waals surface area contributed by atoms with Crippen molar-refractivity contribution in [3.63, 3.8) is 0 Å². The monoisotopic (exact) mass is 292 g/mol. The molecule has 0 aliphatic carbocycles. The molecule has 0 saturated heterocycles. The van der Waals surface area contributed by atoms with Crippen molar-refractivity contribution in [1.82, 2.24) is 4.98 Å². The number of aromatic nitrogens is 1. The molecule has 1 heterocycles. The van der Waals surface area contributed by atoms with E-state index < -0.39 is 0 Å². The molecule has 2 nitrogen and oxygen atoms in total. The molecule has 0 unspecified atom stereocenters. The largest absolute Gasteiger partial charge is 0.354 e. The molecule has 17 heavy (non-hydrogen) atoms. The number of hydrogen-bond donors (Lipinski definition) is 0. The van der Waals surface area contributed by atoms with Gasteiger partial charge in [-0.15, -0.1) is 0 Å². The van der Waals surface area contributed by atoms with E-state index in [1.54, 1.807) is 0 Å². The highest BCUT2D eigenvalue weighted by atomic mass is 79.9. The number of nitrogens with zero attached hydrogens (tertiary/aromatic N) is 2. The maximum Gasteiger partial charge on any atom is 0.129 e. The molecule has 0 amide bonds. The van der Waals surface area contributed by atoms with Crippen LogP contribution in [0.3, 0.4) is 0 Å². The first kappa shape index (κ1) is 12.4. The molecular formula is C14H17BrN2. The molecule has 0 N–H and O–H groups in total. The van der Waals surface area contributed by atoms with Gasteiger partial charge in [-0.2, -0.15) is 0 Å². The highest BCUT2D eigenvalue weighted by Gasteiger charge is 2.23. The summed E-state index contributed by atoms with van der Waals surface area (Å²) in [5.74, 6) is 1.01. The Morgan fingerprint density at radius 2 is 1.88 bits per heavy atom. The van der Waals surface area contributed by atoms with Gasteiger partial charge in [0.15, 0.2) is 0 Å². The van der Waals surface area contributed by atoms with Gasteiger partial charge in [0.2, 0.25) is 0 Å². The average molecular weight is 293 g/mol. The van der Waals surface area contributed by atoms with Crippen LogP contribution < -0.4 is 4.90 Å². The standard InChI is InChI=1S/C14H17BrN2/c1-14(2,10-15)17(3)13-9-8-11-6-4-5-7-12(11)16-13/h4-9H,10H2,1-3H3. The molecule has 3 heteroatoms. The zero-order chi connectivity index (χ0) is 12.5. The summed E-state index contributed by atoms with van der Waals surface area (Å²) in [4.78, 5) is 6.90. The van der Waals surface area contributed by atoms with Crippen LogP contribution in [0.5, 0.6) is 0 Å². The first-order chi connectivity index (χ1) is 8.04. The number of hydrogen-bond acceptors (Lipinski definition) is 2. The number of alkyl halides is 1. The van der Waals surface area contributed by atoms with Gasteiger partial charge in [-0.1, -0.05) is 34.1 Å². The highest BCUT2D eigenvalue weighted by Crippen LogP contribution is 2.24. The molecule has 0 bridgehead atoms. The lowest BCUT2D eigenvalue weighted by Crippen LogP contribution is -2.43. The SMILES string of the molecule is CN(c1ccc2ccccc2n1)C(C)(C)CBr. The third kappa shape index (κ3) is 2.44. The summed E-state index contributed by atoms with van der Waals surface area (Å²) in [6.07, 6.45) is 0. The minimum absolute atomic E-state index is 0.0510. The van der Waals surface area contributed by atoms with E-state index in [1.807, 2.05) is 18.2 Å². The van der Waals surface area contributed by atoms with E-state index in [0.717, 1.165) is 16.7 Å². The third-order valence-corrected chi connectivity index (χ3v) is 4.53. The maximum absolute atomic E-state index is 4.69. The summed E-state index contributed by atoms with van der Waals surface area (Å²) in [5, 5.41) is 2.09. The smallest absolute Gasteiger partial charge is 0.129 e. The van der Waals surface area contributed by atoms with Gasteiger partial charge < -0.3 is 4.90 Å². The molecule has 1 aromatic carbocycles. The highest BCUT2D eigenvalue weighted by molar-refractivity contribution is 9.09. The van der Waals surface area contributed by atoms with Crippen molar-refractivity contribution in [3.05, 3.63) is 36.4 Å². The molecule has 1 aromatic heterocycles. The molecule has 2 aromatic rings. The number of anilines is 1. The van der Waals surface area contributed by atoms with Crippen LogP contribution in [-0.4, -0.2) is 22.9 Å². The Morgan fingerprint density at radius 1 is 1.18 bits per heavy atom. The van der Waals surface area contributed by atoms with E-state index in [4.69, 9.17) is 4.98 Å². The third-order valence-electron chi connectivity index (χ3n) is 3.16. The summed E-state index contributed by atoms with van der Waals surface area (Å²) in [7, 11) is 2.08. The van der Waals surface area contributed by atoms with Gasteiger partial charge in [0.25, 0.3) is 0 Å². The minimum Gasteiger partial charge on any atom is -0.354 e. The van der Waals surface area contributed by atoms with E-state index in [-0.39, 0.29) is 5.54 Å². The van der Waals surface area contributed by atoms with E-state index in [9.17, 15) is 0 Å². The second-order valence-corrected chi connectivity index (χ2v) is 5.43. The lowest BCUT2D eigenvalue weighted by atomic mass is 10.1. The van der Waals surface area contributed by atoms with Gasteiger partial charge in [0.05, 0.1) is 5.52 Å². The van der Waals surface area contributed by atoms with E-state index in [0.29, 0.717) is 0 Å². The first-order valence-electron chi connectivity index (χ1n) is 5.70. The molecule has 0 fully saturated rings. The van der Waals surface area contributed by atoms with Crippen molar-refractivity contribution in [2.45, 2.75) is 19.4 Å². The summed E-state index contributed by atoms with van der Waals surface area (Å²) in [6.45, 7) is 4.39. The van der Waals surface area contributed by atoms with Crippen LogP contribution in [0, 0.1) is 0 Å². The minimum atomic E-state index is 0.0510. The van der Waals surface area contributed by atoms with Crippen LogP contribution in [0.2, 0.25) is 0 Å². The number of halogens is 1. The van der Waals surface area contributed by atoms with Crippen LogP contribution in [0.1, 0.15) is 13.8 Å². The molecule has 0 saturated carbocycles. The fourth-order valence-electron chi connectivity index (χ4n) is 1.64. The van der Waals surface area contributed by atoms with Gasteiger partial charge >= 0.3 is 0 Å². The molecule has 0 radical (unpaired) electrons. The van der Waals surface area contributed by atoms with Gasteiger partial charge in [-0.05, 0) is 32.0 Å². The Labute approximate surface area is 111 Å². The zero-order valence-corrected chi connectivity index (χ0v) is 12.0. The Morgan fingerprint density at radius 3 is 2.59 bits per heavy atom. The van der Waals surface area contributed by atoms with Crippen molar-refractivity contribution in [2.75, 3.05) is 17.3 Å². The molecule has 2 rings (SSSR count). The second-order valence-electron chi connectivity index (χ2n) is 4.87. The Hall–Kier alpha value is -1.09. The number of benzene rings is 1. The van der Waals surface area contributed by atoms with Gasteiger partial charge in [-0.25, -0.2) is 4.98 Å². The number of para-hydroxylation sites is 1. The summed E-state index contributed by atoms with van der Waals surface area (Å²) < 4.78 is 0. The predicted molar refractivity (Wildman–Crippen MR) is 78.0 cm³/mol. The van der Waals surface area contributed by atoms with Crippen molar-refractivity contribution in [2.24, 2.45) is 0 Å². The van der Waals surface area contributed by atoms with E-state index in [2.05, 4.69) is 59.9 Å². The number of fused-ring (bicyclic) bond motifs is 1. The number of rotatable bonds is 3. The van der Waals surface area contributed by atoms with Crippen LogP contribution in [0.4, 0.5) is 5.82 Å². The molecule has 0 aliphatic heterocycles. The van der Waals surface area contributed by atoms with Gasteiger partial charge in [-0.3, -0.25) is 0 Å². The maximum atomic E-state index is 4.69. The van der Waals surface area contributed by atoms with Crippen molar-refractivity contribution in [1.29, 1.82) is 0 Å².